The summed E-state index contributed by atoms with van der Waals surface area (Å²) in [5.41, 5.74) is 0.859. The highest BCUT2D eigenvalue weighted by molar-refractivity contribution is 7.99. The van der Waals surface area contributed by atoms with Gasteiger partial charge in [-0.3, -0.25) is 4.79 Å². The predicted octanol–water partition coefficient (Wildman–Crippen LogP) is 2.42. The van der Waals surface area contributed by atoms with Crippen LogP contribution in [0.5, 0.6) is 0 Å². The van der Waals surface area contributed by atoms with Gasteiger partial charge in [-0.15, -0.1) is 10.2 Å². The molecule has 1 heterocycles. The maximum Gasteiger partial charge on any atom is 0.230 e. The molecule has 1 atom stereocenters. The molecule has 0 radical (unpaired) electrons. The first-order valence-corrected chi connectivity index (χ1v) is 8.63. The standard InChI is InChI=1S/C16H21FN4O2S/c1-12(13-4-6-14(17)7-5-13)19-15(22)10-24-16-20-18-11-21(16)8-3-9-23-2/h4-7,11-12H,3,8-10H2,1-2H3,(H,19,22)/t12-/m0/s1. The molecule has 0 fully saturated rings. The number of aryl methyl sites for hydroxylation is 1. The van der Waals surface area contributed by atoms with Gasteiger partial charge in [0.25, 0.3) is 0 Å². The number of carbonyl (C=O) groups is 1. The molecule has 6 nitrogen and oxygen atoms in total. The average molecular weight is 352 g/mol. The van der Waals surface area contributed by atoms with Crippen LogP contribution in [0.15, 0.2) is 35.7 Å². The third-order valence-electron chi connectivity index (χ3n) is 3.41. The average Bonchev–Trinajstić information content (AvgIpc) is 3.01. The van der Waals surface area contributed by atoms with Gasteiger partial charge in [-0.2, -0.15) is 0 Å². The van der Waals surface area contributed by atoms with Crippen molar-refractivity contribution in [3.63, 3.8) is 0 Å². The molecule has 1 aromatic carbocycles. The monoisotopic (exact) mass is 352 g/mol. The molecule has 1 N–H and O–H groups in total. The molecule has 0 saturated heterocycles. The van der Waals surface area contributed by atoms with Gasteiger partial charge >= 0.3 is 0 Å². The highest BCUT2D eigenvalue weighted by Crippen LogP contribution is 2.17. The highest BCUT2D eigenvalue weighted by Gasteiger charge is 2.12. The van der Waals surface area contributed by atoms with Crippen molar-refractivity contribution >= 4 is 17.7 Å². The van der Waals surface area contributed by atoms with Gasteiger partial charge in [-0.25, -0.2) is 4.39 Å². The number of nitrogens with one attached hydrogen (secondary N) is 1. The summed E-state index contributed by atoms with van der Waals surface area (Å²) in [7, 11) is 1.66. The van der Waals surface area contributed by atoms with E-state index in [-0.39, 0.29) is 23.5 Å². The first-order valence-electron chi connectivity index (χ1n) is 7.64. The zero-order valence-corrected chi connectivity index (χ0v) is 14.6. The van der Waals surface area contributed by atoms with Crippen molar-refractivity contribution in [1.29, 1.82) is 0 Å². The van der Waals surface area contributed by atoms with Crippen LogP contribution >= 0.6 is 11.8 Å². The molecule has 0 bridgehead atoms. The summed E-state index contributed by atoms with van der Waals surface area (Å²) in [6.45, 7) is 3.28. The number of benzene rings is 1. The first-order chi connectivity index (χ1) is 11.6. The van der Waals surface area contributed by atoms with E-state index in [1.165, 1.54) is 23.9 Å². The summed E-state index contributed by atoms with van der Waals surface area (Å²) in [5.74, 6) is -0.155. The maximum absolute atomic E-state index is 12.9. The summed E-state index contributed by atoms with van der Waals surface area (Å²) in [4.78, 5) is 12.1. The second-order valence-electron chi connectivity index (χ2n) is 5.28. The van der Waals surface area contributed by atoms with Crippen LogP contribution in [0.25, 0.3) is 0 Å². The Morgan fingerprint density at radius 3 is 2.88 bits per heavy atom. The Hall–Kier alpha value is -1.93. The van der Waals surface area contributed by atoms with Gasteiger partial charge in [0, 0.05) is 20.3 Å². The number of halogens is 1. The number of carbonyl (C=O) groups excluding carboxylic acids is 1. The molecule has 0 aliphatic carbocycles. The van der Waals surface area contributed by atoms with Crippen molar-refractivity contribution in [2.24, 2.45) is 0 Å². The number of thioether (sulfide) groups is 1. The Bertz CT molecular complexity index is 648. The molecular weight excluding hydrogens is 331 g/mol. The number of amides is 1. The van der Waals surface area contributed by atoms with Gasteiger partial charge in [-0.05, 0) is 31.0 Å². The Kier molecular flexibility index (Phi) is 7.20. The molecule has 2 rings (SSSR count). The lowest BCUT2D eigenvalue weighted by Gasteiger charge is -2.14. The fourth-order valence-corrected chi connectivity index (χ4v) is 2.89. The van der Waals surface area contributed by atoms with Gasteiger partial charge in [-0.1, -0.05) is 23.9 Å². The zero-order chi connectivity index (χ0) is 17.4. The van der Waals surface area contributed by atoms with Crippen LogP contribution in [0.1, 0.15) is 24.9 Å². The maximum atomic E-state index is 12.9. The van der Waals surface area contributed by atoms with Crippen LogP contribution in [-0.4, -0.2) is 40.1 Å². The lowest BCUT2D eigenvalue weighted by Crippen LogP contribution is -2.28. The van der Waals surface area contributed by atoms with Crippen molar-refractivity contribution in [3.05, 3.63) is 42.0 Å². The number of ether oxygens (including phenoxy) is 1. The highest BCUT2D eigenvalue weighted by atomic mass is 32.2. The van der Waals surface area contributed by atoms with Gasteiger partial charge < -0.3 is 14.6 Å². The van der Waals surface area contributed by atoms with Crippen LogP contribution in [0.2, 0.25) is 0 Å². The Morgan fingerprint density at radius 2 is 2.17 bits per heavy atom. The van der Waals surface area contributed by atoms with Crippen LogP contribution in [-0.2, 0) is 16.1 Å². The summed E-state index contributed by atoms with van der Waals surface area (Å²) in [6.07, 6.45) is 2.51. The lowest BCUT2D eigenvalue weighted by molar-refractivity contribution is -0.119. The van der Waals surface area contributed by atoms with Crippen molar-refractivity contribution in [3.8, 4) is 0 Å². The van der Waals surface area contributed by atoms with Gasteiger partial charge in [0.15, 0.2) is 5.16 Å². The number of rotatable bonds is 9. The SMILES string of the molecule is COCCCn1cnnc1SCC(=O)N[C@@H](C)c1ccc(F)cc1. The molecule has 24 heavy (non-hydrogen) atoms. The third kappa shape index (κ3) is 5.61. The smallest absolute Gasteiger partial charge is 0.230 e. The minimum atomic E-state index is -0.291. The molecular formula is C16H21FN4O2S. The Morgan fingerprint density at radius 1 is 1.42 bits per heavy atom. The Labute approximate surface area is 144 Å². The molecule has 0 aliphatic heterocycles. The van der Waals surface area contributed by atoms with Gasteiger partial charge in [0.2, 0.25) is 5.91 Å². The summed E-state index contributed by atoms with van der Waals surface area (Å²) in [5, 5.41) is 11.5. The Balaban J connectivity index is 1.80. The van der Waals surface area contributed by atoms with E-state index in [0.717, 1.165) is 18.5 Å². The van der Waals surface area contributed by atoms with E-state index in [9.17, 15) is 9.18 Å². The van der Waals surface area contributed by atoms with Crippen LogP contribution in [0.4, 0.5) is 4.39 Å². The molecule has 1 amide bonds. The van der Waals surface area contributed by atoms with Gasteiger partial charge in [0.1, 0.15) is 12.1 Å². The summed E-state index contributed by atoms with van der Waals surface area (Å²) < 4.78 is 19.9. The number of hydrogen-bond acceptors (Lipinski definition) is 5. The van der Waals surface area contributed by atoms with Crippen molar-refractivity contribution in [2.75, 3.05) is 19.5 Å². The normalized spacial score (nSPS) is 12.1. The molecule has 2 aromatic rings. The number of hydrogen-bond donors (Lipinski definition) is 1. The molecule has 0 saturated carbocycles. The van der Waals surface area contributed by atoms with E-state index in [4.69, 9.17) is 4.74 Å². The van der Waals surface area contributed by atoms with E-state index >= 15 is 0 Å². The molecule has 0 aliphatic rings. The summed E-state index contributed by atoms with van der Waals surface area (Å²) in [6, 6.07) is 5.92. The molecule has 0 spiro atoms. The minimum absolute atomic E-state index is 0.108. The van der Waals surface area contributed by atoms with E-state index in [1.54, 1.807) is 25.6 Å². The second-order valence-corrected chi connectivity index (χ2v) is 6.23. The molecule has 0 unspecified atom stereocenters. The van der Waals surface area contributed by atoms with Crippen LogP contribution in [0.3, 0.4) is 0 Å². The number of nitrogens with zero attached hydrogens (tertiary/aromatic N) is 3. The number of methoxy groups -OCH3 is 1. The van der Waals surface area contributed by atoms with Crippen molar-refractivity contribution in [2.45, 2.75) is 31.1 Å². The second kappa shape index (κ2) is 9.39. The van der Waals surface area contributed by atoms with E-state index in [1.807, 2.05) is 11.5 Å². The van der Waals surface area contributed by atoms with Gasteiger partial charge in [0.05, 0.1) is 11.8 Å². The molecule has 130 valence electrons. The fourth-order valence-electron chi connectivity index (χ4n) is 2.14. The molecule has 8 heteroatoms. The predicted molar refractivity (Wildman–Crippen MR) is 90.2 cm³/mol. The lowest BCUT2D eigenvalue weighted by atomic mass is 10.1. The first kappa shape index (κ1) is 18.4. The van der Waals surface area contributed by atoms with E-state index in [2.05, 4.69) is 15.5 Å². The van der Waals surface area contributed by atoms with E-state index < -0.39 is 0 Å². The van der Waals surface area contributed by atoms with E-state index in [0.29, 0.717) is 11.8 Å². The zero-order valence-electron chi connectivity index (χ0n) is 13.7. The topological polar surface area (TPSA) is 69.0 Å². The van der Waals surface area contributed by atoms with Crippen molar-refractivity contribution < 1.29 is 13.9 Å². The van der Waals surface area contributed by atoms with Crippen LogP contribution in [0, 0.1) is 5.82 Å². The largest absolute Gasteiger partial charge is 0.385 e. The third-order valence-corrected chi connectivity index (χ3v) is 4.39. The van der Waals surface area contributed by atoms with Crippen LogP contribution < -0.4 is 5.32 Å². The minimum Gasteiger partial charge on any atom is -0.385 e. The fraction of sp³-hybridized carbons (Fsp3) is 0.438. The van der Waals surface area contributed by atoms with Crippen molar-refractivity contribution in [1.82, 2.24) is 20.1 Å². The number of aromatic nitrogens is 3. The molecule has 1 aromatic heterocycles. The quantitative estimate of drug-likeness (QED) is 0.554. The summed E-state index contributed by atoms with van der Waals surface area (Å²) >= 11 is 1.34.